The fraction of sp³-hybridized carbons (Fsp3) is 0.481. The van der Waals surface area contributed by atoms with E-state index in [4.69, 9.17) is 14.6 Å². The van der Waals surface area contributed by atoms with Crippen LogP contribution in [0.15, 0.2) is 48.7 Å². The second-order valence-corrected chi connectivity index (χ2v) is 9.16. The summed E-state index contributed by atoms with van der Waals surface area (Å²) in [6, 6.07) is 5.90. The molecule has 1 aliphatic heterocycles. The van der Waals surface area contributed by atoms with Crippen molar-refractivity contribution in [3.8, 4) is 0 Å². The summed E-state index contributed by atoms with van der Waals surface area (Å²) in [5.41, 5.74) is 1.88. The number of anilines is 1. The molecule has 0 spiro atoms. The zero-order valence-electron chi connectivity index (χ0n) is 22.2. The van der Waals surface area contributed by atoms with Crippen molar-refractivity contribution in [2.45, 2.75) is 45.9 Å². The summed E-state index contributed by atoms with van der Waals surface area (Å²) in [7, 11) is 0. The van der Waals surface area contributed by atoms with Crippen LogP contribution in [-0.4, -0.2) is 78.7 Å². The van der Waals surface area contributed by atoms with Crippen LogP contribution in [0.3, 0.4) is 0 Å². The molecule has 1 heterocycles. The molecule has 0 bridgehead atoms. The zero-order chi connectivity index (χ0) is 28.1. The van der Waals surface area contributed by atoms with Crippen molar-refractivity contribution in [2.24, 2.45) is 5.92 Å². The van der Waals surface area contributed by atoms with E-state index in [1.54, 1.807) is 31.2 Å². The van der Waals surface area contributed by atoms with E-state index >= 15 is 0 Å². The highest BCUT2D eigenvalue weighted by molar-refractivity contribution is 6.12. The Kier molecular flexibility index (Phi) is 12.6. The van der Waals surface area contributed by atoms with E-state index in [9.17, 15) is 19.2 Å². The average Bonchev–Trinajstić information content (AvgIpc) is 3.21. The third-order valence-corrected chi connectivity index (χ3v) is 5.76. The van der Waals surface area contributed by atoms with E-state index in [0.717, 1.165) is 10.5 Å². The lowest BCUT2D eigenvalue weighted by Crippen LogP contribution is -2.47. The first-order chi connectivity index (χ1) is 18.1. The highest BCUT2D eigenvalue weighted by atomic mass is 16.5. The van der Waals surface area contributed by atoms with Crippen LogP contribution in [0.1, 0.15) is 32.8 Å². The average molecular weight is 531 g/mol. The van der Waals surface area contributed by atoms with Crippen LogP contribution < -0.4 is 16.0 Å². The minimum absolute atomic E-state index is 0.0270. The predicted octanol–water partition coefficient (Wildman–Crippen LogP) is 1.10. The summed E-state index contributed by atoms with van der Waals surface area (Å²) in [6.45, 7) is 10.7. The summed E-state index contributed by atoms with van der Waals surface area (Å²) in [6.07, 6.45) is 2.59. The molecule has 0 unspecified atom stereocenters. The molecular weight excluding hydrogens is 492 g/mol. The Balaban J connectivity index is 1.65. The van der Waals surface area contributed by atoms with Crippen molar-refractivity contribution in [2.75, 3.05) is 38.3 Å². The molecule has 38 heavy (non-hydrogen) atoms. The van der Waals surface area contributed by atoms with Gasteiger partial charge in [0.15, 0.2) is 0 Å². The van der Waals surface area contributed by atoms with E-state index in [1.807, 2.05) is 13.8 Å². The summed E-state index contributed by atoms with van der Waals surface area (Å²) < 4.78 is 10.8. The fourth-order valence-electron chi connectivity index (χ4n) is 3.57. The lowest BCUT2D eigenvalue weighted by molar-refractivity contribution is -0.137. The number of hydrogen-bond donors (Lipinski definition) is 4. The van der Waals surface area contributed by atoms with Gasteiger partial charge in [-0.1, -0.05) is 32.6 Å². The Morgan fingerprint density at radius 2 is 1.55 bits per heavy atom. The number of benzene rings is 1. The molecule has 4 N–H and O–H groups in total. The Labute approximate surface area is 223 Å². The number of rotatable bonds is 17. The van der Waals surface area contributed by atoms with Crippen LogP contribution in [0.4, 0.5) is 5.69 Å². The second-order valence-electron chi connectivity index (χ2n) is 9.16. The number of ether oxygens (including phenoxy) is 2. The summed E-state index contributed by atoms with van der Waals surface area (Å²) in [5.74, 6) is -1.14. The van der Waals surface area contributed by atoms with Crippen LogP contribution in [0.25, 0.3) is 0 Å². The first kappa shape index (κ1) is 30.7. The second kappa shape index (κ2) is 15.7. The molecule has 0 saturated heterocycles. The highest BCUT2D eigenvalue weighted by Gasteiger charge is 2.23. The summed E-state index contributed by atoms with van der Waals surface area (Å²) in [5, 5.41) is 17.9. The topological polar surface area (TPSA) is 146 Å². The Morgan fingerprint density at radius 3 is 2.13 bits per heavy atom. The lowest BCUT2D eigenvalue weighted by Gasteiger charge is -2.27. The van der Waals surface area contributed by atoms with Gasteiger partial charge in [-0.3, -0.25) is 24.1 Å². The van der Waals surface area contributed by atoms with Crippen molar-refractivity contribution >= 4 is 29.3 Å². The lowest BCUT2D eigenvalue weighted by atomic mass is 10.0. The Bertz CT molecular complexity index is 989. The van der Waals surface area contributed by atoms with E-state index in [1.165, 1.54) is 12.2 Å². The quantitative estimate of drug-likeness (QED) is 0.173. The maximum atomic E-state index is 12.6. The van der Waals surface area contributed by atoms with Gasteiger partial charge < -0.3 is 30.5 Å². The number of amides is 4. The van der Waals surface area contributed by atoms with Gasteiger partial charge in [0.25, 0.3) is 11.8 Å². The van der Waals surface area contributed by atoms with Gasteiger partial charge in [0, 0.05) is 30.0 Å². The molecule has 208 valence electrons. The molecule has 1 aromatic rings. The number of nitrogens with one attached hydrogen (secondary N) is 3. The van der Waals surface area contributed by atoms with Crippen LogP contribution in [0, 0.1) is 5.92 Å². The van der Waals surface area contributed by atoms with Crippen molar-refractivity contribution in [1.82, 2.24) is 15.5 Å². The first-order valence-electron chi connectivity index (χ1n) is 12.6. The molecule has 11 nitrogen and oxygen atoms in total. The van der Waals surface area contributed by atoms with E-state index in [2.05, 4.69) is 22.5 Å². The number of aliphatic hydroxyl groups excluding tert-OH is 1. The molecule has 4 amide bonds. The molecule has 0 aliphatic carbocycles. The van der Waals surface area contributed by atoms with Crippen molar-refractivity contribution in [3.63, 3.8) is 0 Å². The molecule has 0 aromatic heterocycles. The maximum Gasteiger partial charge on any atom is 0.253 e. The first-order valence-corrected chi connectivity index (χ1v) is 12.6. The molecule has 1 aromatic carbocycles. The van der Waals surface area contributed by atoms with Gasteiger partial charge in [0.05, 0.1) is 45.6 Å². The molecule has 1 aliphatic rings. The number of nitrogens with zero attached hydrogens (tertiary/aromatic N) is 1. The monoisotopic (exact) mass is 530 g/mol. The van der Waals surface area contributed by atoms with Crippen LogP contribution in [0.2, 0.25) is 0 Å². The fourth-order valence-corrected chi connectivity index (χ4v) is 3.57. The van der Waals surface area contributed by atoms with Gasteiger partial charge in [-0.2, -0.15) is 0 Å². The number of carbonyl (C=O) groups is 4. The number of carbonyl (C=O) groups excluding carboxylic acids is 4. The van der Waals surface area contributed by atoms with Crippen LogP contribution in [0.5, 0.6) is 0 Å². The van der Waals surface area contributed by atoms with Crippen molar-refractivity contribution in [3.05, 3.63) is 54.3 Å². The third-order valence-electron chi connectivity index (χ3n) is 5.76. The molecule has 2 atom stereocenters. The minimum Gasteiger partial charge on any atom is -0.392 e. The van der Waals surface area contributed by atoms with E-state index < -0.39 is 12.1 Å². The predicted molar refractivity (Wildman–Crippen MR) is 142 cm³/mol. The molecule has 2 rings (SSSR count). The van der Waals surface area contributed by atoms with Crippen LogP contribution in [-0.2, 0) is 35.3 Å². The molecule has 0 saturated carbocycles. The third kappa shape index (κ3) is 10.1. The van der Waals surface area contributed by atoms with Crippen molar-refractivity contribution in [1.29, 1.82) is 0 Å². The summed E-state index contributed by atoms with van der Waals surface area (Å²) in [4.78, 5) is 49.0. The number of aliphatic hydroxyl groups is 1. The van der Waals surface area contributed by atoms with Crippen molar-refractivity contribution < 1.29 is 33.8 Å². The standard InChI is InChI=1S/C27H38N4O7/c1-18(2)26(19(3)28-20(4)27(36)29-22-7-5-21(17-32)6-8-22)30-23(33)11-13-37-15-16-38-14-12-31-24(34)9-10-25(31)35/h5-10,18,20,26,28,32H,3,11-17H2,1-2,4H3,(H,29,36)(H,30,33)/t20-,26-/m0/s1. The van der Waals surface area contributed by atoms with Crippen LogP contribution >= 0.6 is 0 Å². The molecule has 0 fully saturated rings. The Morgan fingerprint density at radius 1 is 0.947 bits per heavy atom. The van der Waals surface area contributed by atoms with Gasteiger partial charge in [0.1, 0.15) is 6.04 Å². The molecule has 11 heteroatoms. The molecular formula is C27H38N4O7. The molecule has 0 radical (unpaired) electrons. The van der Waals surface area contributed by atoms with Gasteiger partial charge in [-0.15, -0.1) is 0 Å². The van der Waals surface area contributed by atoms with E-state index in [0.29, 0.717) is 11.4 Å². The Hall–Kier alpha value is -3.54. The largest absolute Gasteiger partial charge is 0.392 e. The van der Waals surface area contributed by atoms with Gasteiger partial charge >= 0.3 is 0 Å². The maximum absolute atomic E-state index is 12.6. The minimum atomic E-state index is -0.598. The summed E-state index contributed by atoms with van der Waals surface area (Å²) >= 11 is 0. The normalized spacial score (nSPS) is 14.5. The smallest absolute Gasteiger partial charge is 0.253 e. The number of imide groups is 1. The number of hydrogen-bond acceptors (Lipinski definition) is 8. The zero-order valence-corrected chi connectivity index (χ0v) is 22.2. The van der Waals surface area contributed by atoms with Gasteiger partial charge in [0.2, 0.25) is 11.8 Å². The van der Waals surface area contributed by atoms with Gasteiger partial charge in [-0.25, -0.2) is 0 Å². The highest BCUT2D eigenvalue weighted by Crippen LogP contribution is 2.12. The van der Waals surface area contributed by atoms with Gasteiger partial charge in [-0.05, 0) is 30.5 Å². The SMILES string of the molecule is C=C(N[C@@H](C)C(=O)Nc1ccc(CO)cc1)[C@@H](NC(=O)CCOCCOCCN1C(=O)C=CC1=O)C(C)C. The van der Waals surface area contributed by atoms with E-state index in [-0.39, 0.29) is 75.5 Å².